The second-order valence-corrected chi connectivity index (χ2v) is 8.13. The fourth-order valence-corrected chi connectivity index (χ4v) is 4.24. The Hall–Kier alpha value is -1.89. The summed E-state index contributed by atoms with van der Waals surface area (Å²) in [6.45, 7) is 2.77. The number of carboxylic acid groups (broad SMARTS) is 1. The number of carbonyl (C=O) groups is 3. The fraction of sp³-hybridized carbons (Fsp3) is 0.773. The maximum Gasteiger partial charge on any atom is 0.303 e. The van der Waals surface area contributed by atoms with Crippen LogP contribution in [0.2, 0.25) is 0 Å². The first kappa shape index (κ1) is 23.4. The number of aliphatic carboxylic acids is 1. The van der Waals surface area contributed by atoms with Crippen LogP contribution >= 0.6 is 0 Å². The van der Waals surface area contributed by atoms with E-state index in [9.17, 15) is 14.4 Å². The number of unbranched alkanes of at least 4 members (excludes halogenated alkanes) is 4. The fourth-order valence-electron chi connectivity index (χ4n) is 4.24. The number of nitrogens with one attached hydrogen (secondary N) is 2. The molecule has 7 heteroatoms. The highest BCUT2D eigenvalue weighted by molar-refractivity contribution is 5.97. The van der Waals surface area contributed by atoms with Gasteiger partial charge < -0.3 is 20.5 Å². The van der Waals surface area contributed by atoms with E-state index in [0.717, 1.165) is 51.4 Å². The van der Waals surface area contributed by atoms with Crippen LogP contribution in [0, 0.1) is 5.92 Å². The molecule has 0 spiro atoms. The molecule has 2 rings (SSSR count). The van der Waals surface area contributed by atoms with Crippen LogP contribution in [-0.4, -0.2) is 47.7 Å². The minimum atomic E-state index is -0.771. The number of ether oxygens (including phenoxy) is 1. The molecule has 2 heterocycles. The Morgan fingerprint density at radius 1 is 1.03 bits per heavy atom. The molecular formula is C22H36N2O5. The highest BCUT2D eigenvalue weighted by Gasteiger charge is 2.48. The number of carboxylic acids is 1. The van der Waals surface area contributed by atoms with Crippen molar-refractivity contribution in [1.82, 2.24) is 10.6 Å². The van der Waals surface area contributed by atoms with E-state index in [2.05, 4.69) is 23.6 Å². The molecule has 2 aliphatic rings. The third-order valence-electron chi connectivity index (χ3n) is 5.76. The van der Waals surface area contributed by atoms with Crippen molar-refractivity contribution in [2.75, 3.05) is 6.54 Å². The molecular weight excluding hydrogens is 372 g/mol. The number of allylic oxidation sites excluding steroid dienone is 2. The van der Waals surface area contributed by atoms with Crippen molar-refractivity contribution in [2.24, 2.45) is 5.92 Å². The second-order valence-electron chi connectivity index (χ2n) is 8.13. The number of fused-ring (bicyclic) bond motifs is 2. The van der Waals surface area contributed by atoms with E-state index in [1.165, 1.54) is 0 Å². The second kappa shape index (κ2) is 12.6. The molecule has 1 unspecified atom stereocenters. The number of hydrogen-bond donors (Lipinski definition) is 3. The van der Waals surface area contributed by atoms with Crippen LogP contribution in [0.4, 0.5) is 0 Å². The number of amides is 2. The monoisotopic (exact) mass is 408 g/mol. The van der Waals surface area contributed by atoms with Gasteiger partial charge in [0, 0.05) is 18.9 Å². The van der Waals surface area contributed by atoms with Gasteiger partial charge in [0.2, 0.25) is 11.8 Å². The van der Waals surface area contributed by atoms with Crippen LogP contribution in [0.3, 0.4) is 0 Å². The molecule has 2 fully saturated rings. The van der Waals surface area contributed by atoms with Crippen LogP contribution in [-0.2, 0) is 19.1 Å². The maximum atomic E-state index is 12.3. The predicted octanol–water partition coefficient (Wildman–Crippen LogP) is 2.94. The lowest BCUT2D eigenvalue weighted by molar-refractivity contribution is -0.137. The highest BCUT2D eigenvalue weighted by atomic mass is 16.5. The molecule has 0 aromatic rings. The molecule has 2 aliphatic heterocycles. The summed E-state index contributed by atoms with van der Waals surface area (Å²) in [5, 5.41) is 14.5. The molecule has 3 N–H and O–H groups in total. The molecule has 0 aromatic heterocycles. The summed E-state index contributed by atoms with van der Waals surface area (Å²) in [6.07, 6.45) is 12.8. The normalized spacial score (nSPS) is 25.4. The first-order chi connectivity index (χ1) is 14.0. The van der Waals surface area contributed by atoms with Gasteiger partial charge in [0.25, 0.3) is 0 Å². The Morgan fingerprint density at radius 3 is 2.59 bits per heavy atom. The maximum absolute atomic E-state index is 12.3. The first-order valence-corrected chi connectivity index (χ1v) is 11.1. The van der Waals surface area contributed by atoms with E-state index in [4.69, 9.17) is 9.84 Å². The quantitative estimate of drug-likeness (QED) is 0.233. The molecule has 29 heavy (non-hydrogen) atoms. The molecule has 7 nitrogen and oxygen atoms in total. The highest BCUT2D eigenvalue weighted by Crippen LogP contribution is 2.41. The number of carbonyl (C=O) groups excluding carboxylic acids is 2. The van der Waals surface area contributed by atoms with E-state index >= 15 is 0 Å². The summed E-state index contributed by atoms with van der Waals surface area (Å²) >= 11 is 0. The van der Waals surface area contributed by atoms with Crippen LogP contribution in [0.5, 0.6) is 0 Å². The SMILES string of the molecule is CCCCCCNC(=O)CC(=O)NC1[C@@H](C/C=C\CCCC(=O)O)[C@@H]2CC[C@H]1O2. The lowest BCUT2D eigenvalue weighted by Crippen LogP contribution is -2.47. The zero-order chi connectivity index (χ0) is 21.1. The van der Waals surface area contributed by atoms with E-state index in [1.807, 2.05) is 6.08 Å². The summed E-state index contributed by atoms with van der Waals surface area (Å²) < 4.78 is 5.99. The largest absolute Gasteiger partial charge is 0.481 e. The van der Waals surface area contributed by atoms with Gasteiger partial charge in [-0.25, -0.2) is 0 Å². The van der Waals surface area contributed by atoms with Gasteiger partial charge >= 0.3 is 5.97 Å². The molecule has 4 atom stereocenters. The van der Waals surface area contributed by atoms with Gasteiger partial charge in [0.05, 0.1) is 18.2 Å². The van der Waals surface area contributed by atoms with Gasteiger partial charge in [-0.3, -0.25) is 14.4 Å². The van der Waals surface area contributed by atoms with Gasteiger partial charge in [0.1, 0.15) is 6.42 Å². The van der Waals surface area contributed by atoms with Crippen molar-refractivity contribution < 1.29 is 24.2 Å². The summed E-state index contributed by atoms with van der Waals surface area (Å²) in [4.78, 5) is 34.9. The van der Waals surface area contributed by atoms with Crippen LogP contribution < -0.4 is 10.6 Å². The lowest BCUT2D eigenvalue weighted by Gasteiger charge is -2.28. The Bertz CT molecular complexity index is 578. The van der Waals surface area contributed by atoms with Gasteiger partial charge in [-0.1, -0.05) is 38.3 Å². The summed E-state index contributed by atoms with van der Waals surface area (Å²) in [6, 6.07) is -0.0535. The Labute approximate surface area is 173 Å². The molecule has 2 saturated heterocycles. The Morgan fingerprint density at radius 2 is 1.83 bits per heavy atom. The van der Waals surface area contributed by atoms with Gasteiger partial charge in [0.15, 0.2) is 0 Å². The summed E-state index contributed by atoms with van der Waals surface area (Å²) in [7, 11) is 0. The molecule has 0 radical (unpaired) electrons. The topological polar surface area (TPSA) is 105 Å². The minimum Gasteiger partial charge on any atom is -0.481 e. The van der Waals surface area contributed by atoms with Crippen molar-refractivity contribution in [3.63, 3.8) is 0 Å². The van der Waals surface area contributed by atoms with Crippen LogP contribution in [0.25, 0.3) is 0 Å². The zero-order valence-electron chi connectivity index (χ0n) is 17.5. The molecule has 0 aromatic carbocycles. The van der Waals surface area contributed by atoms with E-state index in [1.54, 1.807) is 0 Å². The van der Waals surface area contributed by atoms with Gasteiger partial charge in [-0.2, -0.15) is 0 Å². The van der Waals surface area contributed by atoms with E-state index in [-0.39, 0.29) is 48.8 Å². The average molecular weight is 409 g/mol. The third kappa shape index (κ3) is 8.17. The Kier molecular flexibility index (Phi) is 10.2. The molecule has 164 valence electrons. The molecule has 2 amide bonds. The molecule has 0 aliphatic carbocycles. The first-order valence-electron chi connectivity index (χ1n) is 11.1. The zero-order valence-corrected chi connectivity index (χ0v) is 17.5. The van der Waals surface area contributed by atoms with E-state index in [0.29, 0.717) is 13.0 Å². The molecule has 0 saturated carbocycles. The van der Waals surface area contributed by atoms with Gasteiger partial charge in [-0.15, -0.1) is 0 Å². The third-order valence-corrected chi connectivity index (χ3v) is 5.76. The van der Waals surface area contributed by atoms with Crippen molar-refractivity contribution in [3.05, 3.63) is 12.2 Å². The van der Waals surface area contributed by atoms with Crippen molar-refractivity contribution >= 4 is 17.8 Å². The van der Waals surface area contributed by atoms with Gasteiger partial charge in [-0.05, 0) is 38.5 Å². The Balaban J connectivity index is 1.71. The average Bonchev–Trinajstić information content (AvgIpc) is 3.26. The van der Waals surface area contributed by atoms with Crippen molar-refractivity contribution in [3.8, 4) is 0 Å². The lowest BCUT2D eigenvalue weighted by atomic mass is 9.82. The standard InChI is InChI=1S/C22H36N2O5/c1-2-3-4-9-14-23-19(25)15-20(26)24-22-16(17-12-13-18(22)29-17)10-7-5-6-8-11-21(27)28/h5,7,16-18,22H,2-4,6,8-15H2,1H3,(H,23,25)(H,24,26)(H,27,28)/b7-5-/t16-,17-,18+,22?/m0/s1. The van der Waals surface area contributed by atoms with E-state index < -0.39 is 5.97 Å². The number of hydrogen-bond acceptors (Lipinski definition) is 4. The smallest absolute Gasteiger partial charge is 0.303 e. The van der Waals surface area contributed by atoms with Crippen LogP contribution in [0.15, 0.2) is 12.2 Å². The minimum absolute atomic E-state index is 0.0338. The summed E-state index contributed by atoms with van der Waals surface area (Å²) in [5.41, 5.74) is 0. The number of rotatable bonds is 14. The van der Waals surface area contributed by atoms with Crippen molar-refractivity contribution in [1.29, 1.82) is 0 Å². The summed E-state index contributed by atoms with van der Waals surface area (Å²) in [5.74, 6) is -1.02. The molecule has 2 bridgehead atoms. The predicted molar refractivity (Wildman–Crippen MR) is 110 cm³/mol. The van der Waals surface area contributed by atoms with Crippen LogP contribution in [0.1, 0.15) is 77.6 Å². The van der Waals surface area contributed by atoms with Crippen molar-refractivity contribution in [2.45, 2.75) is 95.8 Å².